The van der Waals surface area contributed by atoms with Gasteiger partial charge in [-0.3, -0.25) is 0 Å². The lowest BCUT2D eigenvalue weighted by atomic mass is 9.83. The van der Waals surface area contributed by atoms with Crippen molar-refractivity contribution in [2.45, 2.75) is 31.6 Å². The van der Waals surface area contributed by atoms with Crippen molar-refractivity contribution in [1.82, 2.24) is 0 Å². The van der Waals surface area contributed by atoms with E-state index in [-0.39, 0.29) is 0 Å². The summed E-state index contributed by atoms with van der Waals surface area (Å²) >= 11 is 0. The number of nitriles is 2. The topological polar surface area (TPSA) is 47.6 Å². The van der Waals surface area contributed by atoms with Crippen molar-refractivity contribution in [3.05, 3.63) is 71.3 Å². The van der Waals surface area contributed by atoms with Gasteiger partial charge in [-0.25, -0.2) is 0 Å². The Kier molecular flexibility index (Phi) is 4.75. The highest BCUT2D eigenvalue weighted by Crippen LogP contribution is 2.32. The smallest absolute Gasteiger partial charge is 0.0911 e. The third-order valence-corrected chi connectivity index (χ3v) is 3.73. The quantitative estimate of drug-likeness (QED) is 0.809. The molecule has 2 nitrogen and oxygen atoms in total. The number of hydrogen-bond acceptors (Lipinski definition) is 2. The highest BCUT2D eigenvalue weighted by atomic mass is 14.4. The summed E-state index contributed by atoms with van der Waals surface area (Å²) in [5.74, 6) is -0.430. The molecule has 2 rings (SSSR count). The van der Waals surface area contributed by atoms with E-state index in [0.717, 1.165) is 11.1 Å². The summed E-state index contributed by atoms with van der Waals surface area (Å²) in [5, 5.41) is 19.0. The molecule has 21 heavy (non-hydrogen) atoms. The normalized spacial score (nSPS) is 13.2. The first-order valence-corrected chi connectivity index (χ1v) is 7.11. The second kappa shape index (κ2) is 6.73. The molecule has 0 fully saturated rings. The molecule has 2 aromatic carbocycles. The molecule has 2 aromatic rings. The van der Waals surface area contributed by atoms with Crippen LogP contribution in [0, 0.1) is 22.7 Å². The van der Waals surface area contributed by atoms with Gasteiger partial charge in [-0.1, -0.05) is 68.4 Å². The summed E-state index contributed by atoms with van der Waals surface area (Å²) in [7, 11) is 0. The first-order valence-electron chi connectivity index (χ1n) is 7.11. The van der Waals surface area contributed by atoms with Gasteiger partial charge in [-0.2, -0.15) is 10.5 Å². The SMILES string of the molecule is CC(C)c1ccc(C(C#N)C(C#N)c2ccccc2)cc1. The van der Waals surface area contributed by atoms with Gasteiger partial charge in [0.25, 0.3) is 0 Å². The molecule has 0 bridgehead atoms. The molecule has 104 valence electrons. The molecule has 0 aromatic heterocycles. The van der Waals surface area contributed by atoms with Gasteiger partial charge in [0.2, 0.25) is 0 Å². The van der Waals surface area contributed by atoms with E-state index in [0.29, 0.717) is 5.92 Å². The Bertz CT molecular complexity index is 657. The van der Waals surface area contributed by atoms with Gasteiger partial charge in [-0.15, -0.1) is 0 Å². The average Bonchev–Trinajstić information content (AvgIpc) is 2.53. The van der Waals surface area contributed by atoms with E-state index < -0.39 is 11.8 Å². The van der Waals surface area contributed by atoms with Crippen LogP contribution < -0.4 is 0 Å². The van der Waals surface area contributed by atoms with Crippen LogP contribution in [0.25, 0.3) is 0 Å². The Balaban J connectivity index is 2.35. The molecule has 0 saturated heterocycles. The molecule has 0 amide bonds. The average molecular weight is 274 g/mol. The predicted octanol–water partition coefficient (Wildman–Crippen LogP) is 4.72. The van der Waals surface area contributed by atoms with Crippen LogP contribution in [0.5, 0.6) is 0 Å². The summed E-state index contributed by atoms with van der Waals surface area (Å²) in [4.78, 5) is 0. The fourth-order valence-electron chi connectivity index (χ4n) is 2.43. The minimum absolute atomic E-state index is 0.443. The van der Waals surface area contributed by atoms with Crippen molar-refractivity contribution in [2.24, 2.45) is 0 Å². The fourth-order valence-corrected chi connectivity index (χ4v) is 2.43. The lowest BCUT2D eigenvalue weighted by Gasteiger charge is -2.17. The predicted molar refractivity (Wildman–Crippen MR) is 83.7 cm³/mol. The zero-order valence-electron chi connectivity index (χ0n) is 12.3. The van der Waals surface area contributed by atoms with Crippen LogP contribution in [0.4, 0.5) is 0 Å². The molecule has 2 heteroatoms. The maximum atomic E-state index is 9.52. The summed E-state index contributed by atoms with van der Waals surface area (Å²) < 4.78 is 0. The highest BCUT2D eigenvalue weighted by Gasteiger charge is 2.24. The maximum Gasteiger partial charge on any atom is 0.0911 e. The van der Waals surface area contributed by atoms with Crippen molar-refractivity contribution in [1.29, 1.82) is 10.5 Å². The van der Waals surface area contributed by atoms with E-state index in [4.69, 9.17) is 0 Å². The standard InChI is InChI=1S/C19H18N2/c1-14(2)15-8-10-17(11-9-15)19(13-21)18(12-20)16-6-4-3-5-7-16/h3-11,14,18-19H,1-2H3. The fraction of sp³-hybridized carbons (Fsp3) is 0.263. The van der Waals surface area contributed by atoms with Gasteiger partial charge in [-0.05, 0) is 22.6 Å². The Morgan fingerprint density at radius 3 is 1.52 bits per heavy atom. The van der Waals surface area contributed by atoms with E-state index >= 15 is 0 Å². The number of benzene rings is 2. The van der Waals surface area contributed by atoms with Crippen molar-refractivity contribution in [3.63, 3.8) is 0 Å². The zero-order valence-corrected chi connectivity index (χ0v) is 12.3. The highest BCUT2D eigenvalue weighted by molar-refractivity contribution is 5.38. The third-order valence-electron chi connectivity index (χ3n) is 3.73. The Hall–Kier alpha value is -2.58. The lowest BCUT2D eigenvalue weighted by molar-refractivity contribution is 0.759. The van der Waals surface area contributed by atoms with E-state index in [1.54, 1.807) is 0 Å². The second-order valence-corrected chi connectivity index (χ2v) is 5.45. The Morgan fingerprint density at radius 1 is 0.667 bits per heavy atom. The van der Waals surface area contributed by atoms with Crippen LogP contribution in [-0.2, 0) is 0 Å². The summed E-state index contributed by atoms with van der Waals surface area (Å²) in [6.07, 6.45) is 0. The molecule has 0 heterocycles. The van der Waals surface area contributed by atoms with Crippen LogP contribution in [0.1, 0.15) is 48.3 Å². The van der Waals surface area contributed by atoms with Crippen LogP contribution in [0.15, 0.2) is 54.6 Å². The van der Waals surface area contributed by atoms with Gasteiger partial charge in [0, 0.05) is 0 Å². The minimum Gasteiger partial charge on any atom is -0.198 e. The molecule has 0 aliphatic rings. The number of rotatable bonds is 4. The third kappa shape index (κ3) is 3.30. The molecule has 2 atom stereocenters. The van der Waals surface area contributed by atoms with E-state index in [1.165, 1.54) is 5.56 Å². The summed E-state index contributed by atoms with van der Waals surface area (Å²) in [5.41, 5.74) is 3.03. The maximum absolute atomic E-state index is 9.52. The molecular formula is C19H18N2. The van der Waals surface area contributed by atoms with Crippen molar-refractivity contribution >= 4 is 0 Å². The lowest BCUT2D eigenvalue weighted by Crippen LogP contribution is -2.08. The van der Waals surface area contributed by atoms with Crippen LogP contribution in [0.3, 0.4) is 0 Å². The van der Waals surface area contributed by atoms with Crippen LogP contribution in [0.2, 0.25) is 0 Å². The van der Waals surface area contributed by atoms with Gasteiger partial charge in [0.1, 0.15) is 0 Å². The first kappa shape index (κ1) is 14.8. The van der Waals surface area contributed by atoms with Crippen LogP contribution >= 0.6 is 0 Å². The first-order chi connectivity index (χ1) is 10.2. The zero-order chi connectivity index (χ0) is 15.2. The largest absolute Gasteiger partial charge is 0.198 e. The molecular weight excluding hydrogens is 256 g/mol. The van der Waals surface area contributed by atoms with Crippen molar-refractivity contribution in [3.8, 4) is 12.1 Å². The van der Waals surface area contributed by atoms with E-state index in [2.05, 4.69) is 26.0 Å². The van der Waals surface area contributed by atoms with Crippen molar-refractivity contribution < 1.29 is 0 Å². The molecule has 0 aliphatic heterocycles. The summed E-state index contributed by atoms with van der Waals surface area (Å²) in [6.45, 7) is 4.28. The monoisotopic (exact) mass is 274 g/mol. The van der Waals surface area contributed by atoms with Gasteiger partial charge < -0.3 is 0 Å². The molecule has 0 aliphatic carbocycles. The van der Waals surface area contributed by atoms with Gasteiger partial charge in [0.15, 0.2) is 0 Å². The Morgan fingerprint density at radius 2 is 1.10 bits per heavy atom. The van der Waals surface area contributed by atoms with Gasteiger partial charge in [0.05, 0.1) is 24.0 Å². The minimum atomic E-state index is -0.446. The van der Waals surface area contributed by atoms with Crippen molar-refractivity contribution in [2.75, 3.05) is 0 Å². The number of nitrogens with zero attached hydrogens (tertiary/aromatic N) is 2. The molecule has 0 radical (unpaired) electrons. The molecule has 0 N–H and O–H groups in total. The second-order valence-electron chi connectivity index (χ2n) is 5.45. The Labute approximate surface area is 126 Å². The molecule has 2 unspecified atom stereocenters. The van der Waals surface area contributed by atoms with Gasteiger partial charge >= 0.3 is 0 Å². The molecule has 0 spiro atoms. The summed E-state index contributed by atoms with van der Waals surface area (Å²) in [6, 6.07) is 22.1. The molecule has 0 saturated carbocycles. The number of hydrogen-bond donors (Lipinski definition) is 0. The van der Waals surface area contributed by atoms with E-state index in [9.17, 15) is 10.5 Å². The van der Waals surface area contributed by atoms with E-state index in [1.807, 2.05) is 54.6 Å². The van der Waals surface area contributed by atoms with Crippen LogP contribution in [-0.4, -0.2) is 0 Å².